The number of nitrogen functional groups attached to an aromatic ring is 1. The van der Waals surface area contributed by atoms with Crippen molar-refractivity contribution in [1.82, 2.24) is 10.3 Å². The lowest BCUT2D eigenvalue weighted by molar-refractivity contribution is 0.0471. The van der Waals surface area contributed by atoms with E-state index in [1.807, 2.05) is 63.2 Å². The summed E-state index contributed by atoms with van der Waals surface area (Å²) in [4.78, 5) is 16.5. The number of nitrogens with two attached hydrogens (primary N) is 1. The van der Waals surface area contributed by atoms with E-state index in [0.717, 1.165) is 53.0 Å². The van der Waals surface area contributed by atoms with Crippen molar-refractivity contribution in [1.29, 1.82) is 0 Å². The molecule has 194 valence electrons. The second-order valence-electron chi connectivity index (χ2n) is 10.5. The first-order chi connectivity index (χ1) is 17.7. The molecule has 8 nitrogen and oxygen atoms in total. The van der Waals surface area contributed by atoms with Crippen LogP contribution in [0.1, 0.15) is 46.5 Å². The highest BCUT2D eigenvalue weighted by molar-refractivity contribution is 6.05. The second-order valence-corrected chi connectivity index (χ2v) is 10.5. The van der Waals surface area contributed by atoms with Crippen molar-refractivity contribution >= 4 is 33.7 Å². The fraction of sp³-hybridized carbons (Fsp3) is 0.379. The topological polar surface area (TPSA) is 109 Å². The molecule has 1 amide bonds. The third kappa shape index (κ3) is 5.43. The molecule has 0 aliphatic heterocycles. The summed E-state index contributed by atoms with van der Waals surface area (Å²) >= 11 is 0. The van der Waals surface area contributed by atoms with Crippen LogP contribution in [0.3, 0.4) is 0 Å². The van der Waals surface area contributed by atoms with Crippen LogP contribution in [0.2, 0.25) is 0 Å². The molecule has 1 aliphatic rings. The molecule has 0 spiro atoms. The predicted octanol–water partition coefficient (Wildman–Crippen LogP) is 6.45. The Kier molecular flexibility index (Phi) is 6.58. The van der Waals surface area contributed by atoms with Gasteiger partial charge in [-0.15, -0.1) is 0 Å². The van der Waals surface area contributed by atoms with Crippen molar-refractivity contribution in [2.45, 2.75) is 64.2 Å². The van der Waals surface area contributed by atoms with Crippen molar-refractivity contribution in [2.75, 3.05) is 12.8 Å². The highest BCUT2D eigenvalue weighted by Gasteiger charge is 2.26. The number of anilines is 1. The number of para-hydroxylation sites is 1. The maximum absolute atomic E-state index is 12.1. The Balaban J connectivity index is 1.38. The van der Waals surface area contributed by atoms with Gasteiger partial charge in [0.25, 0.3) is 0 Å². The quantitative estimate of drug-likeness (QED) is 0.322. The van der Waals surface area contributed by atoms with Crippen LogP contribution in [0.25, 0.3) is 33.1 Å². The SMILES string of the molecule is COc1cc(OC2CCC(NC(=O)OC(C)(C)C)CC2)cc2c(-c3cc4ccccc4o3)cnc(N)c12. The molecular weight excluding hydrogens is 470 g/mol. The number of methoxy groups -OCH3 is 1. The number of carbonyl (C=O) groups is 1. The molecule has 2 heterocycles. The number of aromatic nitrogens is 1. The van der Waals surface area contributed by atoms with E-state index in [2.05, 4.69) is 10.3 Å². The van der Waals surface area contributed by atoms with Gasteiger partial charge in [0.2, 0.25) is 0 Å². The van der Waals surface area contributed by atoms with E-state index in [9.17, 15) is 4.79 Å². The summed E-state index contributed by atoms with van der Waals surface area (Å²) in [5, 5.41) is 5.56. The van der Waals surface area contributed by atoms with Crippen LogP contribution in [-0.2, 0) is 4.74 Å². The maximum atomic E-state index is 12.1. The standard InChI is InChI=1S/C29H33N3O5/c1-29(2,3)37-28(33)32-18-9-11-19(12-10-18)35-20-14-21-22(16-31-27(30)26(21)25(15-20)34-4)24-13-17-7-5-6-8-23(17)36-24/h5-8,13-16,18-19H,9-12H2,1-4H3,(H2,30,31)(H,32,33). The first-order valence-electron chi connectivity index (χ1n) is 12.6. The average Bonchev–Trinajstić information content (AvgIpc) is 3.28. The zero-order valence-electron chi connectivity index (χ0n) is 21.7. The molecule has 1 saturated carbocycles. The number of rotatable bonds is 5. The summed E-state index contributed by atoms with van der Waals surface area (Å²) in [5.41, 5.74) is 7.38. The lowest BCUT2D eigenvalue weighted by atomic mass is 9.93. The number of benzene rings is 2. The van der Waals surface area contributed by atoms with Crippen LogP contribution in [0.4, 0.5) is 10.6 Å². The molecule has 5 rings (SSSR count). The molecule has 37 heavy (non-hydrogen) atoms. The molecule has 4 aromatic rings. The van der Waals surface area contributed by atoms with Gasteiger partial charge in [-0.25, -0.2) is 9.78 Å². The second kappa shape index (κ2) is 9.84. The Bertz CT molecular complexity index is 1400. The Hall–Kier alpha value is -3.94. The van der Waals surface area contributed by atoms with Crippen LogP contribution in [0.15, 0.2) is 53.1 Å². The van der Waals surface area contributed by atoms with Gasteiger partial charge in [0, 0.05) is 34.6 Å². The molecule has 2 aromatic carbocycles. The Morgan fingerprint density at radius 3 is 2.57 bits per heavy atom. The van der Waals surface area contributed by atoms with E-state index in [1.54, 1.807) is 13.3 Å². The molecule has 1 aliphatic carbocycles. The minimum Gasteiger partial charge on any atom is -0.496 e. The number of amides is 1. The van der Waals surface area contributed by atoms with E-state index >= 15 is 0 Å². The normalized spacial score (nSPS) is 18.1. The summed E-state index contributed by atoms with van der Waals surface area (Å²) < 4.78 is 23.6. The van der Waals surface area contributed by atoms with Gasteiger partial charge in [0.1, 0.15) is 34.3 Å². The highest BCUT2D eigenvalue weighted by Crippen LogP contribution is 2.41. The third-order valence-electron chi connectivity index (χ3n) is 6.56. The van der Waals surface area contributed by atoms with Gasteiger partial charge >= 0.3 is 6.09 Å². The number of nitrogens with one attached hydrogen (secondary N) is 1. The van der Waals surface area contributed by atoms with Crippen molar-refractivity contribution in [3.05, 3.63) is 48.7 Å². The van der Waals surface area contributed by atoms with E-state index in [1.165, 1.54) is 0 Å². The van der Waals surface area contributed by atoms with E-state index in [-0.39, 0.29) is 18.2 Å². The molecular formula is C29H33N3O5. The Morgan fingerprint density at radius 2 is 1.86 bits per heavy atom. The van der Waals surface area contributed by atoms with Gasteiger partial charge in [0.15, 0.2) is 0 Å². The summed E-state index contributed by atoms with van der Waals surface area (Å²) in [6.45, 7) is 5.58. The molecule has 8 heteroatoms. The lowest BCUT2D eigenvalue weighted by Gasteiger charge is -2.30. The van der Waals surface area contributed by atoms with Crippen molar-refractivity contribution in [3.8, 4) is 22.8 Å². The van der Waals surface area contributed by atoms with Gasteiger partial charge in [-0.3, -0.25) is 0 Å². The van der Waals surface area contributed by atoms with E-state index in [0.29, 0.717) is 23.1 Å². The van der Waals surface area contributed by atoms with Gasteiger partial charge in [0.05, 0.1) is 18.6 Å². The number of fused-ring (bicyclic) bond motifs is 2. The van der Waals surface area contributed by atoms with Gasteiger partial charge < -0.3 is 29.7 Å². The van der Waals surface area contributed by atoms with E-state index < -0.39 is 5.60 Å². The smallest absolute Gasteiger partial charge is 0.407 e. The summed E-state index contributed by atoms with van der Waals surface area (Å²) in [7, 11) is 1.61. The number of hydrogen-bond donors (Lipinski definition) is 2. The Morgan fingerprint density at radius 1 is 1.11 bits per heavy atom. The molecule has 0 bridgehead atoms. The maximum Gasteiger partial charge on any atom is 0.407 e. The Labute approximate surface area is 216 Å². The number of nitrogens with zero attached hydrogens (tertiary/aromatic N) is 1. The molecule has 0 radical (unpaired) electrons. The minimum atomic E-state index is -0.514. The molecule has 1 fully saturated rings. The molecule has 0 atom stereocenters. The largest absolute Gasteiger partial charge is 0.496 e. The first kappa shape index (κ1) is 24.7. The number of ether oxygens (including phenoxy) is 3. The first-order valence-corrected chi connectivity index (χ1v) is 12.6. The van der Waals surface area contributed by atoms with Crippen LogP contribution in [-0.4, -0.2) is 35.9 Å². The fourth-order valence-electron chi connectivity index (χ4n) is 4.87. The third-order valence-corrected chi connectivity index (χ3v) is 6.56. The zero-order chi connectivity index (χ0) is 26.2. The van der Waals surface area contributed by atoms with Crippen molar-refractivity contribution in [2.24, 2.45) is 0 Å². The van der Waals surface area contributed by atoms with Crippen LogP contribution >= 0.6 is 0 Å². The molecule has 0 saturated heterocycles. The number of hydrogen-bond acceptors (Lipinski definition) is 7. The number of alkyl carbamates (subject to hydrolysis) is 1. The summed E-state index contributed by atoms with van der Waals surface area (Å²) in [5.74, 6) is 2.37. The van der Waals surface area contributed by atoms with Crippen LogP contribution < -0.4 is 20.5 Å². The van der Waals surface area contributed by atoms with Gasteiger partial charge in [-0.2, -0.15) is 0 Å². The monoisotopic (exact) mass is 503 g/mol. The zero-order valence-corrected chi connectivity index (χ0v) is 21.7. The summed E-state index contributed by atoms with van der Waals surface area (Å²) in [6.07, 6.45) is 4.64. The average molecular weight is 504 g/mol. The highest BCUT2D eigenvalue weighted by atomic mass is 16.6. The van der Waals surface area contributed by atoms with Crippen LogP contribution in [0, 0.1) is 0 Å². The van der Waals surface area contributed by atoms with Crippen molar-refractivity contribution in [3.63, 3.8) is 0 Å². The number of pyridine rings is 1. The number of furan rings is 1. The van der Waals surface area contributed by atoms with E-state index in [4.69, 9.17) is 24.4 Å². The van der Waals surface area contributed by atoms with Gasteiger partial charge in [-0.05, 0) is 64.7 Å². The molecule has 3 N–H and O–H groups in total. The van der Waals surface area contributed by atoms with Gasteiger partial charge in [-0.1, -0.05) is 18.2 Å². The van der Waals surface area contributed by atoms with Crippen molar-refractivity contribution < 1.29 is 23.4 Å². The number of carbonyl (C=O) groups excluding carboxylic acids is 1. The van der Waals surface area contributed by atoms with Crippen LogP contribution in [0.5, 0.6) is 11.5 Å². The molecule has 2 aromatic heterocycles. The minimum absolute atomic E-state index is 0.0210. The fourth-order valence-corrected chi connectivity index (χ4v) is 4.87. The predicted molar refractivity (Wildman–Crippen MR) is 144 cm³/mol. The lowest BCUT2D eigenvalue weighted by Crippen LogP contribution is -2.42. The summed E-state index contributed by atoms with van der Waals surface area (Å²) in [6, 6.07) is 13.8. The molecule has 0 unspecified atom stereocenters.